The minimum absolute atomic E-state index is 0.0263. The number of likely N-dealkylation sites (tertiary alicyclic amines) is 1. The molecule has 4 heteroatoms. The lowest BCUT2D eigenvalue weighted by atomic mass is 9.88. The molecule has 1 heterocycles. The van der Waals surface area contributed by atoms with Crippen LogP contribution in [0.5, 0.6) is 0 Å². The molecule has 0 aromatic heterocycles. The topological polar surface area (TPSA) is 60.8 Å². The van der Waals surface area contributed by atoms with Gasteiger partial charge >= 0.3 is 6.09 Å². The molecule has 1 fully saturated rings. The monoisotopic (exact) mass is 187 g/mol. The SMILES string of the molecule is CC1CC(CO)CC(C)N1C(=O)O. The molecule has 0 radical (unpaired) electrons. The number of aliphatic hydroxyl groups is 1. The number of aliphatic hydroxyl groups excluding tert-OH is 1. The quantitative estimate of drug-likeness (QED) is 0.647. The summed E-state index contributed by atoms with van der Waals surface area (Å²) < 4.78 is 0. The summed E-state index contributed by atoms with van der Waals surface area (Å²) in [5.74, 6) is 0.264. The van der Waals surface area contributed by atoms with Gasteiger partial charge in [0.1, 0.15) is 0 Å². The van der Waals surface area contributed by atoms with Crippen LogP contribution < -0.4 is 0 Å². The Bertz CT molecular complexity index is 183. The molecule has 0 aliphatic carbocycles. The number of carbonyl (C=O) groups is 1. The maximum Gasteiger partial charge on any atom is 0.407 e. The summed E-state index contributed by atoms with van der Waals surface area (Å²) in [6, 6.07) is 0.0526. The number of amides is 1. The first kappa shape index (κ1) is 10.3. The molecule has 2 N–H and O–H groups in total. The lowest BCUT2D eigenvalue weighted by molar-refractivity contribution is 0.0474. The van der Waals surface area contributed by atoms with Crippen molar-refractivity contribution in [2.45, 2.75) is 38.8 Å². The standard InChI is InChI=1S/C9H17NO3/c1-6-3-8(5-11)4-7(2)10(6)9(12)13/h6-8,11H,3-5H2,1-2H3,(H,12,13). The van der Waals surface area contributed by atoms with Crippen LogP contribution in [-0.2, 0) is 0 Å². The maximum absolute atomic E-state index is 10.8. The third-order valence-corrected chi connectivity index (χ3v) is 2.78. The highest BCUT2D eigenvalue weighted by atomic mass is 16.4. The summed E-state index contributed by atoms with van der Waals surface area (Å²) in [7, 11) is 0. The van der Waals surface area contributed by atoms with Gasteiger partial charge in [0.15, 0.2) is 0 Å². The number of nitrogens with zero attached hydrogens (tertiary/aromatic N) is 1. The van der Waals surface area contributed by atoms with E-state index < -0.39 is 6.09 Å². The molecule has 2 atom stereocenters. The lowest BCUT2D eigenvalue weighted by Crippen LogP contribution is -2.49. The predicted octanol–water partition coefficient (Wildman–Crippen LogP) is 1.15. The number of carboxylic acid groups (broad SMARTS) is 1. The van der Waals surface area contributed by atoms with Crippen molar-refractivity contribution in [3.05, 3.63) is 0 Å². The predicted molar refractivity (Wildman–Crippen MR) is 48.6 cm³/mol. The van der Waals surface area contributed by atoms with Gasteiger partial charge < -0.3 is 15.1 Å². The normalized spacial score (nSPS) is 34.7. The Morgan fingerprint density at radius 3 is 2.15 bits per heavy atom. The van der Waals surface area contributed by atoms with Crippen LogP contribution >= 0.6 is 0 Å². The van der Waals surface area contributed by atoms with Gasteiger partial charge in [0, 0.05) is 18.7 Å². The number of hydrogen-bond acceptors (Lipinski definition) is 2. The highest BCUT2D eigenvalue weighted by Gasteiger charge is 2.33. The van der Waals surface area contributed by atoms with Crippen molar-refractivity contribution >= 4 is 6.09 Å². The van der Waals surface area contributed by atoms with E-state index in [2.05, 4.69) is 0 Å². The molecule has 1 aliphatic heterocycles. The summed E-state index contributed by atoms with van der Waals surface area (Å²) in [6.07, 6.45) is 0.691. The van der Waals surface area contributed by atoms with Crippen LogP contribution in [0.15, 0.2) is 0 Å². The highest BCUT2D eigenvalue weighted by Crippen LogP contribution is 2.27. The zero-order valence-electron chi connectivity index (χ0n) is 8.10. The maximum atomic E-state index is 10.8. The summed E-state index contributed by atoms with van der Waals surface area (Å²) in [6.45, 7) is 3.96. The lowest BCUT2D eigenvalue weighted by Gasteiger charge is -2.40. The van der Waals surface area contributed by atoms with E-state index in [0.717, 1.165) is 12.8 Å². The molecular weight excluding hydrogens is 170 g/mol. The van der Waals surface area contributed by atoms with Crippen molar-refractivity contribution in [3.63, 3.8) is 0 Å². The summed E-state index contributed by atoms with van der Waals surface area (Å²) in [5, 5.41) is 17.9. The Labute approximate surface area is 78.2 Å². The van der Waals surface area contributed by atoms with Crippen LogP contribution in [0.25, 0.3) is 0 Å². The average Bonchev–Trinajstić information content (AvgIpc) is 2.02. The fourth-order valence-electron chi connectivity index (χ4n) is 2.25. The second-order valence-electron chi connectivity index (χ2n) is 3.91. The minimum atomic E-state index is -0.851. The minimum Gasteiger partial charge on any atom is -0.465 e. The number of rotatable bonds is 1. The van der Waals surface area contributed by atoms with Gasteiger partial charge in [-0.15, -0.1) is 0 Å². The van der Waals surface area contributed by atoms with Gasteiger partial charge in [-0.1, -0.05) is 0 Å². The van der Waals surface area contributed by atoms with Gasteiger partial charge in [-0.3, -0.25) is 0 Å². The van der Waals surface area contributed by atoms with Crippen molar-refractivity contribution in [2.75, 3.05) is 6.61 Å². The molecule has 76 valence electrons. The van der Waals surface area contributed by atoms with Gasteiger partial charge in [0.05, 0.1) is 0 Å². The Kier molecular flexibility index (Phi) is 3.14. The van der Waals surface area contributed by atoms with E-state index >= 15 is 0 Å². The van der Waals surface area contributed by atoms with Crippen LogP contribution in [0.4, 0.5) is 4.79 Å². The first-order chi connectivity index (χ1) is 6.06. The summed E-state index contributed by atoms with van der Waals surface area (Å²) in [5.41, 5.74) is 0. The fourth-order valence-corrected chi connectivity index (χ4v) is 2.25. The molecule has 0 saturated carbocycles. The van der Waals surface area contributed by atoms with E-state index in [1.807, 2.05) is 13.8 Å². The molecule has 2 unspecified atom stereocenters. The first-order valence-corrected chi connectivity index (χ1v) is 4.68. The van der Waals surface area contributed by atoms with Crippen molar-refractivity contribution in [1.82, 2.24) is 4.90 Å². The number of piperidine rings is 1. The van der Waals surface area contributed by atoms with Gasteiger partial charge in [-0.2, -0.15) is 0 Å². The van der Waals surface area contributed by atoms with Crippen LogP contribution in [0.2, 0.25) is 0 Å². The molecule has 0 spiro atoms. The number of hydrogen-bond donors (Lipinski definition) is 2. The van der Waals surface area contributed by atoms with Crippen LogP contribution in [0.3, 0.4) is 0 Å². The van der Waals surface area contributed by atoms with E-state index in [0.29, 0.717) is 0 Å². The van der Waals surface area contributed by atoms with Crippen molar-refractivity contribution < 1.29 is 15.0 Å². The van der Waals surface area contributed by atoms with E-state index in [1.54, 1.807) is 0 Å². The molecule has 1 aliphatic rings. The Balaban J connectivity index is 2.64. The Morgan fingerprint density at radius 2 is 1.85 bits per heavy atom. The molecule has 13 heavy (non-hydrogen) atoms. The second kappa shape index (κ2) is 3.96. The largest absolute Gasteiger partial charge is 0.465 e. The molecule has 4 nitrogen and oxygen atoms in total. The molecule has 0 aromatic rings. The Hall–Kier alpha value is -0.770. The van der Waals surface area contributed by atoms with Crippen molar-refractivity contribution in [2.24, 2.45) is 5.92 Å². The summed E-state index contributed by atoms with van der Waals surface area (Å²) in [4.78, 5) is 12.3. The molecule has 1 saturated heterocycles. The molecule has 1 amide bonds. The van der Waals surface area contributed by atoms with Crippen molar-refractivity contribution in [1.29, 1.82) is 0 Å². The smallest absolute Gasteiger partial charge is 0.407 e. The third kappa shape index (κ3) is 2.12. The van der Waals surface area contributed by atoms with Gasteiger partial charge in [-0.25, -0.2) is 4.79 Å². The van der Waals surface area contributed by atoms with E-state index in [1.165, 1.54) is 4.90 Å². The van der Waals surface area contributed by atoms with Crippen molar-refractivity contribution in [3.8, 4) is 0 Å². The second-order valence-corrected chi connectivity index (χ2v) is 3.91. The Morgan fingerprint density at radius 1 is 1.38 bits per heavy atom. The van der Waals surface area contributed by atoms with E-state index in [4.69, 9.17) is 10.2 Å². The van der Waals surface area contributed by atoms with Crippen LogP contribution in [-0.4, -0.2) is 39.9 Å². The molecular formula is C9H17NO3. The van der Waals surface area contributed by atoms with Gasteiger partial charge in [0.25, 0.3) is 0 Å². The third-order valence-electron chi connectivity index (χ3n) is 2.78. The fraction of sp³-hybridized carbons (Fsp3) is 0.889. The highest BCUT2D eigenvalue weighted by molar-refractivity contribution is 5.66. The zero-order valence-corrected chi connectivity index (χ0v) is 8.10. The van der Waals surface area contributed by atoms with E-state index in [9.17, 15) is 4.79 Å². The summed E-state index contributed by atoms with van der Waals surface area (Å²) >= 11 is 0. The van der Waals surface area contributed by atoms with Gasteiger partial charge in [-0.05, 0) is 32.6 Å². The molecule has 0 aromatic carbocycles. The van der Waals surface area contributed by atoms with E-state index in [-0.39, 0.29) is 24.6 Å². The zero-order chi connectivity index (χ0) is 10.0. The van der Waals surface area contributed by atoms with Gasteiger partial charge in [0.2, 0.25) is 0 Å². The first-order valence-electron chi connectivity index (χ1n) is 4.68. The molecule has 0 bridgehead atoms. The molecule has 1 rings (SSSR count). The average molecular weight is 187 g/mol. The van der Waals surface area contributed by atoms with Crippen LogP contribution in [0.1, 0.15) is 26.7 Å². The van der Waals surface area contributed by atoms with Crippen LogP contribution in [0, 0.1) is 5.92 Å².